The number of H-pyrrole nitrogens is 1. The van der Waals surface area contributed by atoms with Crippen LogP contribution in [0.2, 0.25) is 0 Å². The minimum atomic E-state index is 0.603. The van der Waals surface area contributed by atoms with Crippen LogP contribution in [0.1, 0.15) is 18.3 Å². The monoisotopic (exact) mass is 307 g/mol. The Hall–Kier alpha value is -2.82. The average Bonchev–Trinajstić information content (AvgIpc) is 3.01. The maximum absolute atomic E-state index is 4.63. The van der Waals surface area contributed by atoms with Gasteiger partial charge < -0.3 is 15.6 Å². The van der Waals surface area contributed by atoms with Crippen molar-refractivity contribution in [1.29, 1.82) is 0 Å². The second-order valence-electron chi connectivity index (χ2n) is 5.25. The van der Waals surface area contributed by atoms with Gasteiger partial charge in [-0.25, -0.2) is 4.99 Å². The molecule has 3 N–H and O–H groups in total. The fourth-order valence-electron chi connectivity index (χ4n) is 2.40. The van der Waals surface area contributed by atoms with Crippen LogP contribution in [0.3, 0.4) is 0 Å². The standard InChI is InChI=1S/C18H21N5/c1-2-19-18(21-12-15-8-5-6-10-20-15)22-13-16-11-14-7-3-4-9-17(14)23-16/h3-11,23H,2,12-13H2,1H3,(H2,19,21,22). The number of hydrogen-bond donors (Lipinski definition) is 3. The molecule has 0 atom stereocenters. The zero-order valence-electron chi connectivity index (χ0n) is 13.2. The predicted octanol–water partition coefficient (Wildman–Crippen LogP) is 2.82. The summed E-state index contributed by atoms with van der Waals surface area (Å²) in [5.74, 6) is 0.789. The van der Waals surface area contributed by atoms with Gasteiger partial charge in [0.1, 0.15) is 0 Å². The molecule has 1 aromatic carbocycles. The molecule has 2 aromatic heterocycles. The number of benzene rings is 1. The first-order valence-corrected chi connectivity index (χ1v) is 7.84. The summed E-state index contributed by atoms with van der Waals surface area (Å²) in [5, 5.41) is 7.77. The number of guanidine groups is 1. The molecule has 0 aliphatic heterocycles. The molecule has 0 saturated carbocycles. The summed E-state index contributed by atoms with van der Waals surface area (Å²) in [6.07, 6.45) is 1.80. The smallest absolute Gasteiger partial charge is 0.191 e. The quantitative estimate of drug-likeness (QED) is 0.501. The molecule has 0 radical (unpaired) electrons. The fraction of sp³-hybridized carbons (Fsp3) is 0.222. The lowest BCUT2D eigenvalue weighted by Gasteiger charge is -2.10. The van der Waals surface area contributed by atoms with E-state index < -0.39 is 0 Å². The first-order chi connectivity index (χ1) is 11.3. The van der Waals surface area contributed by atoms with Gasteiger partial charge in [0.25, 0.3) is 0 Å². The molecule has 0 saturated heterocycles. The number of para-hydroxylation sites is 1. The van der Waals surface area contributed by atoms with Crippen molar-refractivity contribution in [3.63, 3.8) is 0 Å². The van der Waals surface area contributed by atoms with E-state index in [2.05, 4.69) is 50.7 Å². The predicted molar refractivity (Wildman–Crippen MR) is 94.2 cm³/mol. The molecule has 0 aliphatic carbocycles. The summed E-state index contributed by atoms with van der Waals surface area (Å²) in [6, 6.07) is 16.3. The molecular formula is C18H21N5. The van der Waals surface area contributed by atoms with Crippen molar-refractivity contribution in [1.82, 2.24) is 20.6 Å². The Balaban J connectivity index is 1.66. The number of aromatic amines is 1. The number of aliphatic imine (C=N–C) groups is 1. The molecule has 0 amide bonds. The molecule has 0 bridgehead atoms. The second kappa shape index (κ2) is 7.45. The zero-order valence-corrected chi connectivity index (χ0v) is 13.2. The van der Waals surface area contributed by atoms with Crippen LogP contribution >= 0.6 is 0 Å². The molecule has 0 aliphatic rings. The third-order valence-electron chi connectivity index (χ3n) is 3.50. The van der Waals surface area contributed by atoms with E-state index in [-0.39, 0.29) is 0 Å². The van der Waals surface area contributed by atoms with Crippen molar-refractivity contribution in [2.75, 3.05) is 6.54 Å². The van der Waals surface area contributed by atoms with E-state index in [0.717, 1.165) is 29.4 Å². The lowest BCUT2D eigenvalue weighted by molar-refractivity contribution is 0.797. The molecule has 2 heterocycles. The minimum absolute atomic E-state index is 0.603. The van der Waals surface area contributed by atoms with E-state index in [9.17, 15) is 0 Å². The SMILES string of the molecule is CCNC(=NCc1cc2ccccc2[nH]1)NCc1ccccn1. The highest BCUT2D eigenvalue weighted by molar-refractivity contribution is 5.81. The van der Waals surface area contributed by atoms with Crippen LogP contribution in [0.25, 0.3) is 10.9 Å². The number of pyridine rings is 1. The van der Waals surface area contributed by atoms with Crippen molar-refractivity contribution in [3.8, 4) is 0 Å². The number of nitrogens with zero attached hydrogens (tertiary/aromatic N) is 2. The van der Waals surface area contributed by atoms with E-state index in [0.29, 0.717) is 13.1 Å². The van der Waals surface area contributed by atoms with Gasteiger partial charge >= 0.3 is 0 Å². The molecule has 23 heavy (non-hydrogen) atoms. The number of hydrogen-bond acceptors (Lipinski definition) is 2. The second-order valence-corrected chi connectivity index (χ2v) is 5.25. The van der Waals surface area contributed by atoms with Crippen molar-refractivity contribution in [2.45, 2.75) is 20.0 Å². The molecule has 5 nitrogen and oxygen atoms in total. The fourth-order valence-corrected chi connectivity index (χ4v) is 2.40. The number of rotatable bonds is 5. The maximum Gasteiger partial charge on any atom is 0.191 e. The summed E-state index contributed by atoms with van der Waals surface area (Å²) >= 11 is 0. The van der Waals surface area contributed by atoms with Crippen LogP contribution in [0.5, 0.6) is 0 Å². The Labute approximate surface area is 135 Å². The number of fused-ring (bicyclic) bond motifs is 1. The van der Waals surface area contributed by atoms with Crippen LogP contribution in [0, 0.1) is 0 Å². The van der Waals surface area contributed by atoms with E-state index in [4.69, 9.17) is 0 Å². The van der Waals surface area contributed by atoms with Gasteiger partial charge in [0.15, 0.2) is 5.96 Å². The van der Waals surface area contributed by atoms with Gasteiger partial charge in [0.05, 0.1) is 18.8 Å². The van der Waals surface area contributed by atoms with E-state index >= 15 is 0 Å². The minimum Gasteiger partial charge on any atom is -0.357 e. The van der Waals surface area contributed by atoms with Gasteiger partial charge in [-0.05, 0) is 36.6 Å². The van der Waals surface area contributed by atoms with Gasteiger partial charge in [-0.1, -0.05) is 24.3 Å². The van der Waals surface area contributed by atoms with E-state index in [1.807, 2.05) is 30.3 Å². The van der Waals surface area contributed by atoms with E-state index in [1.54, 1.807) is 6.20 Å². The van der Waals surface area contributed by atoms with Gasteiger partial charge in [-0.15, -0.1) is 0 Å². The molecule has 0 fully saturated rings. The van der Waals surface area contributed by atoms with Crippen molar-refractivity contribution in [3.05, 3.63) is 66.1 Å². The first kappa shape index (κ1) is 15.1. The van der Waals surface area contributed by atoms with Crippen LogP contribution in [0.15, 0.2) is 59.7 Å². The Kier molecular flexibility index (Phi) is 4.88. The summed E-state index contributed by atoms with van der Waals surface area (Å²) in [4.78, 5) is 12.3. The third-order valence-corrected chi connectivity index (χ3v) is 3.50. The third kappa shape index (κ3) is 4.10. The van der Waals surface area contributed by atoms with Gasteiger partial charge in [-0.3, -0.25) is 4.98 Å². The van der Waals surface area contributed by atoms with Crippen LogP contribution in [-0.2, 0) is 13.1 Å². The molecular weight excluding hydrogens is 286 g/mol. The van der Waals surface area contributed by atoms with Gasteiger partial charge in [0, 0.05) is 24.0 Å². The van der Waals surface area contributed by atoms with Crippen LogP contribution in [-0.4, -0.2) is 22.5 Å². The topological polar surface area (TPSA) is 65.1 Å². The highest BCUT2D eigenvalue weighted by Gasteiger charge is 2.01. The Morgan fingerprint density at radius 3 is 2.78 bits per heavy atom. The van der Waals surface area contributed by atoms with E-state index in [1.165, 1.54) is 5.39 Å². The number of nitrogens with one attached hydrogen (secondary N) is 3. The lowest BCUT2D eigenvalue weighted by Crippen LogP contribution is -2.37. The van der Waals surface area contributed by atoms with Crippen LogP contribution in [0.4, 0.5) is 0 Å². The summed E-state index contributed by atoms with van der Waals surface area (Å²) < 4.78 is 0. The Morgan fingerprint density at radius 1 is 1.13 bits per heavy atom. The normalized spacial score (nSPS) is 11.6. The maximum atomic E-state index is 4.63. The van der Waals surface area contributed by atoms with Crippen molar-refractivity contribution < 1.29 is 0 Å². The molecule has 0 spiro atoms. The van der Waals surface area contributed by atoms with Gasteiger partial charge in [0.2, 0.25) is 0 Å². The molecule has 0 unspecified atom stereocenters. The van der Waals surface area contributed by atoms with Gasteiger partial charge in [-0.2, -0.15) is 0 Å². The molecule has 3 aromatic rings. The molecule has 5 heteroatoms. The number of aromatic nitrogens is 2. The Morgan fingerprint density at radius 2 is 2.00 bits per heavy atom. The first-order valence-electron chi connectivity index (χ1n) is 7.84. The largest absolute Gasteiger partial charge is 0.357 e. The average molecular weight is 307 g/mol. The Bertz CT molecular complexity index is 743. The summed E-state index contributed by atoms with van der Waals surface area (Å²) in [5.41, 5.74) is 3.23. The van der Waals surface area contributed by atoms with Crippen molar-refractivity contribution in [2.24, 2.45) is 4.99 Å². The summed E-state index contributed by atoms with van der Waals surface area (Å²) in [6.45, 7) is 4.13. The highest BCUT2D eigenvalue weighted by atomic mass is 15.2. The lowest BCUT2D eigenvalue weighted by atomic mass is 10.2. The highest BCUT2D eigenvalue weighted by Crippen LogP contribution is 2.14. The summed E-state index contributed by atoms with van der Waals surface area (Å²) in [7, 11) is 0. The van der Waals surface area contributed by atoms with Crippen molar-refractivity contribution >= 4 is 16.9 Å². The van der Waals surface area contributed by atoms with Crippen LogP contribution < -0.4 is 10.6 Å². The zero-order chi connectivity index (χ0) is 15.9. The molecule has 118 valence electrons. The molecule has 3 rings (SSSR count).